The smallest absolute Gasteiger partial charge is 0.128 e. The quantitative estimate of drug-likeness (QED) is 0.134. The first-order valence-electron chi connectivity index (χ1n) is 18.8. The van der Waals surface area contributed by atoms with Gasteiger partial charge in [-0.2, -0.15) is 0 Å². The molecular weight excluding hydrogens is 687 g/mol. The molecule has 8 heteroatoms. The van der Waals surface area contributed by atoms with Gasteiger partial charge in [-0.05, 0) is 99.4 Å². The number of likely N-dealkylation sites (tertiary alicyclic amines) is 1. The summed E-state index contributed by atoms with van der Waals surface area (Å²) in [6, 6.07) is 37.8. The summed E-state index contributed by atoms with van der Waals surface area (Å²) in [5.41, 5.74) is 5.02. The van der Waals surface area contributed by atoms with Crippen LogP contribution in [-0.2, 0) is 13.1 Å². The molecule has 0 bridgehead atoms. The minimum atomic E-state index is 0. The summed E-state index contributed by atoms with van der Waals surface area (Å²) < 4.78 is 16.3. The summed E-state index contributed by atoms with van der Waals surface area (Å²) in [6.45, 7) is 9.03. The highest BCUT2D eigenvalue weighted by atomic mass is 35.5. The molecule has 8 rings (SSSR count). The summed E-state index contributed by atoms with van der Waals surface area (Å²) in [5, 5.41) is 5.62. The predicted molar refractivity (Wildman–Crippen MR) is 221 cm³/mol. The van der Waals surface area contributed by atoms with Gasteiger partial charge in [0.2, 0.25) is 0 Å². The zero-order valence-electron chi connectivity index (χ0n) is 30.3. The fourth-order valence-corrected chi connectivity index (χ4v) is 6.97. The maximum Gasteiger partial charge on any atom is 0.128 e. The van der Waals surface area contributed by atoms with Gasteiger partial charge in [0.15, 0.2) is 0 Å². The van der Waals surface area contributed by atoms with E-state index in [2.05, 4.69) is 123 Å². The zero-order valence-corrected chi connectivity index (χ0v) is 31.9. The van der Waals surface area contributed by atoms with Crippen LogP contribution in [0.15, 0.2) is 122 Å². The van der Waals surface area contributed by atoms with Crippen LogP contribution in [0.3, 0.4) is 0 Å². The van der Waals surface area contributed by atoms with E-state index in [0.717, 1.165) is 43.1 Å². The van der Waals surface area contributed by atoms with Crippen molar-refractivity contribution in [2.75, 3.05) is 51.8 Å². The second kappa shape index (κ2) is 21.6. The van der Waals surface area contributed by atoms with Gasteiger partial charge in [0, 0.05) is 42.8 Å². The van der Waals surface area contributed by atoms with Crippen LogP contribution < -0.4 is 14.8 Å². The van der Waals surface area contributed by atoms with Crippen LogP contribution in [-0.4, -0.2) is 65.9 Å². The van der Waals surface area contributed by atoms with Gasteiger partial charge in [-0.1, -0.05) is 85.6 Å². The molecule has 2 saturated heterocycles. The van der Waals surface area contributed by atoms with Gasteiger partial charge >= 0.3 is 0 Å². The Morgan fingerprint density at radius 2 is 1.04 bits per heavy atom. The fraction of sp³-hybridized carbons (Fsp3) is 0.364. The number of hydrogen-bond acceptors (Lipinski definition) is 4. The fourth-order valence-electron chi connectivity index (χ4n) is 6.90. The van der Waals surface area contributed by atoms with Crippen molar-refractivity contribution in [2.45, 2.75) is 51.6 Å². The molecule has 6 aromatic rings. The number of nitrogens with one attached hydrogen (secondary N) is 1. The Kier molecular flexibility index (Phi) is 16.3. The van der Waals surface area contributed by atoms with Gasteiger partial charge in [0.25, 0.3) is 0 Å². The maximum atomic E-state index is 6.13. The van der Waals surface area contributed by atoms with Gasteiger partial charge in [0.05, 0.1) is 16.9 Å². The monoisotopic (exact) mass is 740 g/mol. The van der Waals surface area contributed by atoms with Crippen molar-refractivity contribution in [3.8, 4) is 11.5 Å². The number of nitrogens with zero attached hydrogens (tertiary/aromatic N) is 3. The Bertz CT molecular complexity index is 1850. The van der Waals surface area contributed by atoms with E-state index in [0.29, 0.717) is 12.5 Å². The molecule has 0 aliphatic carbocycles. The molecule has 2 aliphatic heterocycles. The molecule has 0 amide bonds. The molecule has 0 unspecified atom stereocenters. The average molecular weight is 742 g/mol. The van der Waals surface area contributed by atoms with E-state index < -0.39 is 0 Å². The Morgan fingerprint density at radius 1 is 0.538 bits per heavy atom. The Balaban J connectivity index is 0.000000173. The van der Waals surface area contributed by atoms with Crippen molar-refractivity contribution >= 4 is 45.8 Å². The Labute approximate surface area is 321 Å². The number of aromatic nitrogens is 2. The molecule has 2 fully saturated rings. The number of piperidine rings is 2. The predicted octanol–water partition coefficient (Wildman–Crippen LogP) is 10.0. The second-order valence-electron chi connectivity index (χ2n) is 13.3. The number of rotatable bonds is 11. The normalized spacial score (nSPS) is 14.4. The number of hydrogen-bond donors (Lipinski definition) is 1. The Hall–Kier alpha value is -3.94. The van der Waals surface area contributed by atoms with Crippen LogP contribution in [0.5, 0.6) is 11.5 Å². The van der Waals surface area contributed by atoms with Crippen LogP contribution in [0.4, 0.5) is 0 Å². The number of alkyl halides is 1. The number of benzene rings is 4. The average Bonchev–Trinajstić information content (AvgIpc) is 3.81. The standard InChI is InChI=1S/C22H26N2O.C17H16ClNO.C5H11N.ClH/c1-3-8-19(9-4-1)18-24-15-12-20-21(24)10-7-11-22(20)25-17-16-23-13-5-2-6-14-23;18-10-12-20-17-8-4-7-16-15(17)9-11-19(16)13-14-5-2-1-3-6-14;1-2-4-6-5-3-1;/h1,3-4,7-12,15H,2,5-6,13-14,16-18H2;1-9,11H,10,12-13H2;6H,1-5H2;1H. The first kappa shape index (κ1) is 39.3. The summed E-state index contributed by atoms with van der Waals surface area (Å²) in [4.78, 5) is 2.52. The highest BCUT2D eigenvalue weighted by molar-refractivity contribution is 6.18. The van der Waals surface area contributed by atoms with Gasteiger partial charge in [0.1, 0.15) is 24.7 Å². The minimum Gasteiger partial charge on any atom is -0.492 e. The van der Waals surface area contributed by atoms with Gasteiger partial charge in [-0.3, -0.25) is 4.90 Å². The lowest BCUT2D eigenvalue weighted by atomic mass is 10.1. The molecule has 6 nitrogen and oxygen atoms in total. The molecule has 0 spiro atoms. The first-order chi connectivity index (χ1) is 25.3. The highest BCUT2D eigenvalue weighted by Crippen LogP contribution is 2.28. The zero-order chi connectivity index (χ0) is 34.9. The van der Waals surface area contributed by atoms with Crippen LogP contribution >= 0.6 is 24.0 Å². The van der Waals surface area contributed by atoms with Gasteiger partial charge in [-0.15, -0.1) is 24.0 Å². The number of halogens is 2. The topological polar surface area (TPSA) is 43.6 Å². The van der Waals surface area contributed by atoms with Crippen molar-refractivity contribution in [3.05, 3.63) is 133 Å². The lowest BCUT2D eigenvalue weighted by Gasteiger charge is -2.26. The molecule has 0 atom stereocenters. The number of ether oxygens (including phenoxy) is 2. The summed E-state index contributed by atoms with van der Waals surface area (Å²) in [6.07, 6.45) is 12.5. The summed E-state index contributed by atoms with van der Waals surface area (Å²) in [5.74, 6) is 2.40. The molecule has 1 N–H and O–H groups in total. The van der Waals surface area contributed by atoms with E-state index in [1.807, 2.05) is 18.2 Å². The third-order valence-electron chi connectivity index (χ3n) is 9.59. The van der Waals surface area contributed by atoms with E-state index >= 15 is 0 Å². The molecule has 52 heavy (non-hydrogen) atoms. The number of fused-ring (bicyclic) bond motifs is 2. The van der Waals surface area contributed by atoms with E-state index in [-0.39, 0.29) is 12.4 Å². The molecule has 2 aromatic heterocycles. The molecular formula is C44H54Cl2N4O2. The molecule has 4 heterocycles. The third kappa shape index (κ3) is 11.5. The van der Waals surface area contributed by atoms with E-state index in [1.165, 1.54) is 92.3 Å². The SMILES string of the molecule is C1CCNCC1.Cl.ClCCOc1cccc2c1ccn2Cc1ccccc1.c1ccc(Cn2ccc3c(OCCN4CCCCC4)cccc32)cc1. The third-order valence-corrected chi connectivity index (χ3v) is 9.75. The van der Waals surface area contributed by atoms with Crippen molar-refractivity contribution in [2.24, 2.45) is 0 Å². The lowest BCUT2D eigenvalue weighted by molar-refractivity contribution is 0.184. The van der Waals surface area contributed by atoms with Crippen LogP contribution in [0.2, 0.25) is 0 Å². The molecule has 4 aromatic carbocycles. The van der Waals surface area contributed by atoms with Crippen LogP contribution in [0, 0.1) is 0 Å². The largest absolute Gasteiger partial charge is 0.492 e. The summed E-state index contributed by atoms with van der Waals surface area (Å²) >= 11 is 5.68. The Morgan fingerprint density at radius 3 is 1.50 bits per heavy atom. The van der Waals surface area contributed by atoms with Gasteiger partial charge in [-0.25, -0.2) is 0 Å². The second-order valence-corrected chi connectivity index (χ2v) is 13.7. The molecule has 0 radical (unpaired) electrons. The maximum absolute atomic E-state index is 6.13. The van der Waals surface area contributed by atoms with Crippen molar-refractivity contribution in [1.82, 2.24) is 19.4 Å². The lowest BCUT2D eigenvalue weighted by Crippen LogP contribution is -2.33. The minimum absolute atomic E-state index is 0. The molecule has 276 valence electrons. The van der Waals surface area contributed by atoms with Crippen molar-refractivity contribution < 1.29 is 9.47 Å². The van der Waals surface area contributed by atoms with E-state index in [1.54, 1.807) is 0 Å². The summed E-state index contributed by atoms with van der Waals surface area (Å²) in [7, 11) is 0. The van der Waals surface area contributed by atoms with Crippen molar-refractivity contribution in [1.29, 1.82) is 0 Å². The highest BCUT2D eigenvalue weighted by Gasteiger charge is 2.11. The van der Waals surface area contributed by atoms with Gasteiger partial charge < -0.3 is 23.9 Å². The van der Waals surface area contributed by atoms with Crippen LogP contribution in [0.1, 0.15) is 49.7 Å². The van der Waals surface area contributed by atoms with E-state index in [4.69, 9.17) is 21.1 Å². The van der Waals surface area contributed by atoms with Crippen molar-refractivity contribution in [3.63, 3.8) is 0 Å². The first-order valence-corrected chi connectivity index (χ1v) is 19.3. The van der Waals surface area contributed by atoms with E-state index in [9.17, 15) is 0 Å². The molecule has 0 saturated carbocycles. The molecule has 2 aliphatic rings. The van der Waals surface area contributed by atoms with Crippen LogP contribution in [0.25, 0.3) is 21.8 Å².